The number of amides is 1. The molecule has 2 N–H and O–H groups in total. The third-order valence-corrected chi connectivity index (χ3v) is 3.05. The summed E-state index contributed by atoms with van der Waals surface area (Å²) in [6.07, 6.45) is 1.04. The van der Waals surface area contributed by atoms with Crippen molar-refractivity contribution in [1.29, 1.82) is 0 Å². The Hall–Kier alpha value is -2.90. The predicted molar refractivity (Wildman–Crippen MR) is 91.3 cm³/mol. The summed E-state index contributed by atoms with van der Waals surface area (Å²) in [7, 11) is 0. The number of hydrogen-bond donors (Lipinski definition) is 2. The summed E-state index contributed by atoms with van der Waals surface area (Å²) >= 11 is 0. The molecule has 0 saturated carbocycles. The Labute approximate surface area is 143 Å². The van der Waals surface area contributed by atoms with Crippen molar-refractivity contribution in [3.05, 3.63) is 46.8 Å². The number of carbonyl (C=O) groups is 1. The van der Waals surface area contributed by atoms with Crippen LogP contribution in [0.3, 0.4) is 0 Å². The number of H-pyrrole nitrogens is 1. The molecule has 1 aromatic carbocycles. The predicted octanol–water partition coefficient (Wildman–Crippen LogP) is 2.68. The molecule has 0 radical (unpaired) electrons. The molecular formula is C17H20FN3O4. The molecule has 0 aliphatic rings. The van der Waals surface area contributed by atoms with Crippen LogP contribution in [0, 0.1) is 0 Å². The fraction of sp³-hybridized carbons (Fsp3) is 0.353. The number of aromatic amines is 1. The van der Waals surface area contributed by atoms with Crippen molar-refractivity contribution in [2.75, 3.05) is 13.2 Å². The molecule has 0 atom stereocenters. The molecular weight excluding hydrogens is 329 g/mol. The lowest BCUT2D eigenvalue weighted by atomic mass is 10.2. The van der Waals surface area contributed by atoms with Crippen LogP contribution in [0.15, 0.2) is 41.2 Å². The van der Waals surface area contributed by atoms with Crippen LogP contribution in [-0.4, -0.2) is 34.8 Å². The number of nitrogens with one attached hydrogen (secondary N) is 2. The highest BCUT2D eigenvalue weighted by Crippen LogP contribution is 2.17. The van der Waals surface area contributed by atoms with Crippen LogP contribution >= 0.6 is 0 Å². The van der Waals surface area contributed by atoms with Gasteiger partial charge in [-0.25, -0.2) is 14.2 Å². The highest BCUT2D eigenvalue weighted by Gasteiger charge is 2.16. The van der Waals surface area contributed by atoms with Crippen LogP contribution in [0.4, 0.5) is 9.18 Å². The van der Waals surface area contributed by atoms with Crippen molar-refractivity contribution in [1.82, 2.24) is 15.3 Å². The van der Waals surface area contributed by atoms with Crippen molar-refractivity contribution in [3.63, 3.8) is 0 Å². The second-order valence-electron chi connectivity index (χ2n) is 6.32. The van der Waals surface area contributed by atoms with E-state index in [0.29, 0.717) is 23.0 Å². The molecule has 2 rings (SSSR count). The number of halogens is 1. The molecule has 0 spiro atoms. The molecule has 0 aliphatic heterocycles. The van der Waals surface area contributed by atoms with Crippen molar-refractivity contribution in [3.8, 4) is 5.75 Å². The molecule has 2 aromatic rings. The summed E-state index contributed by atoms with van der Waals surface area (Å²) in [6, 6.07) is 4.76. The van der Waals surface area contributed by atoms with Gasteiger partial charge in [-0.15, -0.1) is 0 Å². The monoisotopic (exact) mass is 349 g/mol. The quantitative estimate of drug-likeness (QED) is 0.866. The van der Waals surface area contributed by atoms with Crippen LogP contribution in [-0.2, 0) is 4.74 Å². The molecule has 1 amide bonds. The molecule has 1 aromatic heterocycles. The minimum absolute atomic E-state index is 0.0447. The number of hydrogen-bond acceptors (Lipinski definition) is 5. The van der Waals surface area contributed by atoms with Gasteiger partial charge < -0.3 is 19.8 Å². The smallest absolute Gasteiger partial charge is 0.407 e. The molecule has 0 fully saturated rings. The first-order valence-electron chi connectivity index (χ1n) is 7.64. The lowest BCUT2D eigenvalue weighted by Gasteiger charge is -2.20. The molecule has 134 valence electrons. The van der Waals surface area contributed by atoms with E-state index >= 15 is 0 Å². The first-order chi connectivity index (χ1) is 11.8. The van der Waals surface area contributed by atoms with E-state index in [9.17, 15) is 14.0 Å². The number of benzene rings is 1. The average molecular weight is 349 g/mol. The number of nitrogens with zero attached hydrogens (tertiary/aromatic N) is 1. The average Bonchev–Trinajstić information content (AvgIpc) is 2.53. The third kappa shape index (κ3) is 5.59. The largest absolute Gasteiger partial charge is 0.489 e. The molecule has 0 saturated heterocycles. The van der Waals surface area contributed by atoms with Gasteiger partial charge in [-0.1, -0.05) is 0 Å². The zero-order chi connectivity index (χ0) is 18.4. The van der Waals surface area contributed by atoms with Crippen LogP contribution in [0.25, 0.3) is 10.9 Å². The van der Waals surface area contributed by atoms with E-state index in [2.05, 4.69) is 15.3 Å². The van der Waals surface area contributed by atoms with Gasteiger partial charge in [0, 0.05) is 18.2 Å². The second kappa shape index (κ2) is 7.78. The highest BCUT2D eigenvalue weighted by atomic mass is 19.1. The maximum absolute atomic E-state index is 13.0. The van der Waals surface area contributed by atoms with Gasteiger partial charge in [0.25, 0.3) is 5.56 Å². The van der Waals surface area contributed by atoms with Crippen molar-refractivity contribution in [2.45, 2.75) is 26.4 Å². The minimum Gasteiger partial charge on any atom is -0.489 e. The second-order valence-corrected chi connectivity index (χ2v) is 6.32. The van der Waals surface area contributed by atoms with Crippen molar-refractivity contribution in [2.24, 2.45) is 0 Å². The molecule has 1 heterocycles. The topological polar surface area (TPSA) is 93.3 Å². The number of aromatic nitrogens is 2. The fourth-order valence-corrected chi connectivity index (χ4v) is 1.94. The number of fused-ring (bicyclic) bond motifs is 1. The van der Waals surface area contributed by atoms with Crippen LogP contribution in [0.2, 0.25) is 0 Å². The Morgan fingerprint density at radius 2 is 2.16 bits per heavy atom. The van der Waals surface area contributed by atoms with Gasteiger partial charge in [0.2, 0.25) is 0 Å². The van der Waals surface area contributed by atoms with E-state index in [1.54, 1.807) is 39.0 Å². The Kier molecular flexibility index (Phi) is 5.74. The zero-order valence-corrected chi connectivity index (χ0v) is 14.3. The van der Waals surface area contributed by atoms with E-state index in [1.807, 2.05) is 0 Å². The lowest BCUT2D eigenvalue weighted by molar-refractivity contribution is 0.0531. The zero-order valence-electron chi connectivity index (χ0n) is 14.3. The van der Waals surface area contributed by atoms with E-state index in [-0.39, 0.29) is 24.3 Å². The fourth-order valence-electron chi connectivity index (χ4n) is 1.94. The Balaban J connectivity index is 1.93. The van der Waals surface area contributed by atoms with E-state index in [1.165, 1.54) is 6.33 Å². The summed E-state index contributed by atoms with van der Waals surface area (Å²) in [5, 5.41) is 2.89. The van der Waals surface area contributed by atoms with Gasteiger partial charge in [-0.3, -0.25) is 4.79 Å². The molecule has 25 heavy (non-hydrogen) atoms. The van der Waals surface area contributed by atoms with Crippen LogP contribution in [0.5, 0.6) is 5.75 Å². The van der Waals surface area contributed by atoms with Gasteiger partial charge in [-0.05, 0) is 32.9 Å². The van der Waals surface area contributed by atoms with Gasteiger partial charge >= 0.3 is 6.09 Å². The Bertz CT molecular complexity index is 840. The summed E-state index contributed by atoms with van der Waals surface area (Å²) in [6.45, 7) is 5.10. The summed E-state index contributed by atoms with van der Waals surface area (Å²) in [5.74, 6) is 0.433. The number of carbonyl (C=O) groups excluding carboxylic acids is 1. The van der Waals surface area contributed by atoms with Crippen molar-refractivity contribution < 1.29 is 18.7 Å². The summed E-state index contributed by atoms with van der Waals surface area (Å²) < 4.78 is 23.5. The van der Waals surface area contributed by atoms with Gasteiger partial charge in [0.15, 0.2) is 0 Å². The number of rotatable bonds is 5. The third-order valence-electron chi connectivity index (χ3n) is 3.05. The van der Waals surface area contributed by atoms with Crippen LogP contribution in [0.1, 0.15) is 20.8 Å². The Morgan fingerprint density at radius 3 is 2.84 bits per heavy atom. The number of alkyl carbamates (subject to hydrolysis) is 1. The van der Waals surface area contributed by atoms with E-state index < -0.39 is 11.7 Å². The summed E-state index contributed by atoms with van der Waals surface area (Å²) in [4.78, 5) is 29.7. The normalized spacial score (nSPS) is 12.1. The van der Waals surface area contributed by atoms with Gasteiger partial charge in [0.05, 0.1) is 23.6 Å². The molecule has 8 heteroatoms. The lowest BCUT2D eigenvalue weighted by Crippen LogP contribution is -2.34. The molecule has 7 nitrogen and oxygen atoms in total. The summed E-state index contributed by atoms with van der Waals surface area (Å²) in [5.41, 5.74) is -0.179. The molecule has 0 bridgehead atoms. The SMILES string of the molecule is CC(C)(C)OC(=O)NC/C(=C\F)COc1ccc2c(=O)[nH]cnc2c1. The standard InChI is InChI=1S/C17H20FN3O4/c1-17(2,3)25-16(23)19-8-11(7-18)9-24-12-4-5-13-14(6-12)20-10-21-15(13)22/h4-7,10H,8-9H2,1-3H3,(H,19,23)(H,20,21,22)/b11-7+. The molecule has 0 unspecified atom stereocenters. The molecule has 0 aliphatic carbocycles. The highest BCUT2D eigenvalue weighted by molar-refractivity contribution is 5.78. The van der Waals surface area contributed by atoms with Gasteiger partial charge in [0.1, 0.15) is 18.0 Å². The van der Waals surface area contributed by atoms with Crippen LogP contribution < -0.4 is 15.6 Å². The first-order valence-corrected chi connectivity index (χ1v) is 7.64. The maximum Gasteiger partial charge on any atom is 0.407 e. The van der Waals surface area contributed by atoms with E-state index in [4.69, 9.17) is 9.47 Å². The Morgan fingerprint density at radius 1 is 1.40 bits per heavy atom. The van der Waals surface area contributed by atoms with Gasteiger partial charge in [-0.2, -0.15) is 0 Å². The number of ether oxygens (including phenoxy) is 2. The minimum atomic E-state index is -0.638. The van der Waals surface area contributed by atoms with Crippen molar-refractivity contribution >= 4 is 17.0 Å². The maximum atomic E-state index is 13.0. The first kappa shape index (κ1) is 18.4. The van der Waals surface area contributed by atoms with E-state index in [0.717, 1.165) is 0 Å².